The maximum atomic E-state index is 15.0. The Morgan fingerprint density at radius 1 is 0.967 bits per heavy atom. The quantitative estimate of drug-likeness (QED) is 0.554. The molecule has 1 aromatic heterocycles. The molecule has 1 N–H and O–H groups in total. The number of amides is 1. The molecule has 2 heterocycles. The Hall–Kier alpha value is -3.73. The summed E-state index contributed by atoms with van der Waals surface area (Å²) in [4.78, 5) is 29.3. The normalized spacial score (nSPS) is 12.9. The van der Waals surface area contributed by atoms with Gasteiger partial charge < -0.3 is 9.88 Å². The van der Waals surface area contributed by atoms with Crippen LogP contribution in [0, 0.1) is 5.82 Å². The van der Waals surface area contributed by atoms with Gasteiger partial charge in [0.1, 0.15) is 5.82 Å². The van der Waals surface area contributed by atoms with Crippen molar-refractivity contribution in [1.29, 1.82) is 0 Å². The van der Waals surface area contributed by atoms with Crippen LogP contribution in [0.4, 0.5) is 10.1 Å². The van der Waals surface area contributed by atoms with Crippen LogP contribution in [0.15, 0.2) is 77.7 Å². The van der Waals surface area contributed by atoms with Crippen LogP contribution in [-0.4, -0.2) is 17.4 Å². The molecule has 30 heavy (non-hydrogen) atoms. The van der Waals surface area contributed by atoms with E-state index in [9.17, 15) is 9.59 Å². The topological polar surface area (TPSA) is 53.2 Å². The van der Waals surface area contributed by atoms with Crippen molar-refractivity contribution in [2.45, 2.75) is 12.8 Å². The number of anilines is 1. The fourth-order valence-electron chi connectivity index (χ4n) is 4.19. The molecular weight excluding hydrogens is 379 g/mol. The second-order valence-corrected chi connectivity index (χ2v) is 7.49. The van der Waals surface area contributed by atoms with Crippen LogP contribution >= 0.6 is 0 Å². The zero-order chi connectivity index (χ0) is 20.7. The molecular formula is C25H19FN2O2. The van der Waals surface area contributed by atoms with Gasteiger partial charge in [-0.3, -0.25) is 9.59 Å². The van der Waals surface area contributed by atoms with Gasteiger partial charge in [0.2, 0.25) is 5.91 Å². The molecule has 148 valence electrons. The lowest BCUT2D eigenvalue weighted by atomic mass is 9.98. The van der Waals surface area contributed by atoms with E-state index in [0.29, 0.717) is 34.0 Å². The third-order valence-corrected chi connectivity index (χ3v) is 5.68. The minimum Gasteiger partial charge on any atom is -0.328 e. The number of hydrogen-bond acceptors (Lipinski definition) is 2. The second-order valence-electron chi connectivity index (χ2n) is 7.49. The van der Waals surface area contributed by atoms with Crippen molar-refractivity contribution >= 4 is 22.4 Å². The maximum Gasteiger partial charge on any atom is 0.255 e. The summed E-state index contributed by atoms with van der Waals surface area (Å²) in [7, 11) is 0. The van der Waals surface area contributed by atoms with Gasteiger partial charge in [-0.15, -0.1) is 0 Å². The lowest BCUT2D eigenvalue weighted by molar-refractivity contribution is -0.117. The number of rotatable bonds is 3. The third-order valence-electron chi connectivity index (χ3n) is 5.68. The van der Waals surface area contributed by atoms with Gasteiger partial charge in [0, 0.05) is 34.9 Å². The van der Waals surface area contributed by atoms with Crippen molar-refractivity contribution < 1.29 is 9.18 Å². The Labute approximate surface area is 172 Å². The predicted octanol–water partition coefficient (Wildman–Crippen LogP) is 4.47. The Kier molecular flexibility index (Phi) is 4.43. The summed E-state index contributed by atoms with van der Waals surface area (Å²) in [5.41, 5.74) is 3.54. The highest BCUT2D eigenvalue weighted by Crippen LogP contribution is 2.30. The second kappa shape index (κ2) is 7.26. The number of carbonyl (C=O) groups excluding carboxylic acids is 1. The molecule has 5 heteroatoms. The number of pyridine rings is 1. The van der Waals surface area contributed by atoms with Crippen LogP contribution in [-0.2, 0) is 17.6 Å². The van der Waals surface area contributed by atoms with Gasteiger partial charge in [0.15, 0.2) is 0 Å². The standard InChI is InChI=1S/C25H19FN2O2/c26-22-13-16(14-24(29)28-12-11-17-5-1-4-8-23(17)28)9-10-19(22)21-15-27-25(30)20-7-3-2-6-18(20)21/h1-10,13,15H,11-12,14H2,(H,27,30). The number of carbonyl (C=O) groups is 1. The van der Waals surface area contributed by atoms with E-state index in [4.69, 9.17) is 0 Å². The smallest absolute Gasteiger partial charge is 0.255 e. The molecule has 1 aliphatic rings. The van der Waals surface area contributed by atoms with Crippen LogP contribution in [0.1, 0.15) is 11.1 Å². The molecule has 1 amide bonds. The van der Waals surface area contributed by atoms with Crippen molar-refractivity contribution in [3.05, 3.63) is 100 Å². The number of nitrogens with one attached hydrogen (secondary N) is 1. The molecule has 3 aromatic carbocycles. The SMILES string of the molecule is O=C(Cc1ccc(-c2c[nH]c(=O)c3ccccc23)c(F)c1)N1CCc2ccccc21. The highest BCUT2D eigenvalue weighted by Gasteiger charge is 2.24. The van der Waals surface area contributed by atoms with Gasteiger partial charge >= 0.3 is 0 Å². The van der Waals surface area contributed by atoms with E-state index in [-0.39, 0.29) is 17.9 Å². The van der Waals surface area contributed by atoms with Gasteiger partial charge in [0.05, 0.1) is 6.42 Å². The molecule has 0 aliphatic carbocycles. The number of H-pyrrole nitrogens is 1. The van der Waals surface area contributed by atoms with Gasteiger partial charge in [-0.05, 0) is 41.1 Å². The van der Waals surface area contributed by atoms with Crippen LogP contribution in [0.3, 0.4) is 0 Å². The van der Waals surface area contributed by atoms with E-state index in [0.717, 1.165) is 17.7 Å². The van der Waals surface area contributed by atoms with Gasteiger partial charge in [-0.2, -0.15) is 0 Å². The summed E-state index contributed by atoms with van der Waals surface area (Å²) < 4.78 is 15.0. The minimum atomic E-state index is -0.417. The minimum absolute atomic E-state index is 0.0402. The molecule has 1 aliphatic heterocycles. The van der Waals surface area contributed by atoms with E-state index in [1.54, 1.807) is 29.2 Å². The van der Waals surface area contributed by atoms with Crippen LogP contribution in [0.2, 0.25) is 0 Å². The van der Waals surface area contributed by atoms with Crippen molar-refractivity contribution in [2.24, 2.45) is 0 Å². The van der Waals surface area contributed by atoms with Crippen LogP contribution in [0.25, 0.3) is 21.9 Å². The summed E-state index contributed by atoms with van der Waals surface area (Å²) in [6.07, 6.45) is 2.52. The lowest BCUT2D eigenvalue weighted by Crippen LogP contribution is -2.30. The summed E-state index contributed by atoms with van der Waals surface area (Å²) >= 11 is 0. The number of nitrogens with zero attached hydrogens (tertiary/aromatic N) is 1. The molecule has 0 saturated heterocycles. The molecule has 0 atom stereocenters. The maximum absolute atomic E-state index is 15.0. The first-order valence-electron chi connectivity index (χ1n) is 9.89. The van der Waals surface area contributed by atoms with E-state index < -0.39 is 5.82 Å². The number of halogens is 1. The molecule has 0 saturated carbocycles. The first kappa shape index (κ1) is 18.3. The van der Waals surface area contributed by atoms with E-state index in [2.05, 4.69) is 4.98 Å². The Morgan fingerprint density at radius 3 is 2.57 bits per heavy atom. The van der Waals surface area contributed by atoms with E-state index in [1.165, 1.54) is 12.3 Å². The number of aromatic amines is 1. The van der Waals surface area contributed by atoms with Crippen molar-refractivity contribution in [3.8, 4) is 11.1 Å². The molecule has 0 fully saturated rings. The predicted molar refractivity (Wildman–Crippen MR) is 116 cm³/mol. The fraction of sp³-hybridized carbons (Fsp3) is 0.120. The zero-order valence-electron chi connectivity index (χ0n) is 16.2. The molecule has 0 unspecified atom stereocenters. The van der Waals surface area contributed by atoms with Gasteiger partial charge in [-0.25, -0.2) is 4.39 Å². The number of aromatic nitrogens is 1. The van der Waals surface area contributed by atoms with E-state index >= 15 is 4.39 Å². The molecule has 0 bridgehead atoms. The van der Waals surface area contributed by atoms with Gasteiger partial charge in [-0.1, -0.05) is 48.5 Å². The van der Waals surface area contributed by atoms with Crippen molar-refractivity contribution in [2.75, 3.05) is 11.4 Å². The third kappa shape index (κ3) is 3.08. The highest BCUT2D eigenvalue weighted by molar-refractivity contribution is 5.97. The lowest BCUT2D eigenvalue weighted by Gasteiger charge is -2.17. The van der Waals surface area contributed by atoms with E-state index in [1.807, 2.05) is 36.4 Å². The monoisotopic (exact) mass is 398 g/mol. The molecule has 5 rings (SSSR count). The van der Waals surface area contributed by atoms with Crippen molar-refractivity contribution in [3.63, 3.8) is 0 Å². The average Bonchev–Trinajstić information content (AvgIpc) is 3.19. The highest BCUT2D eigenvalue weighted by atomic mass is 19.1. The summed E-state index contributed by atoms with van der Waals surface area (Å²) in [6, 6.07) is 19.9. The molecule has 0 spiro atoms. The first-order chi connectivity index (χ1) is 14.6. The summed E-state index contributed by atoms with van der Waals surface area (Å²) in [6.45, 7) is 0.655. The van der Waals surface area contributed by atoms with Crippen LogP contribution < -0.4 is 10.5 Å². The first-order valence-corrected chi connectivity index (χ1v) is 9.89. The fourth-order valence-corrected chi connectivity index (χ4v) is 4.19. The van der Waals surface area contributed by atoms with Gasteiger partial charge in [0.25, 0.3) is 5.56 Å². The Bertz CT molecular complexity index is 1340. The van der Waals surface area contributed by atoms with Crippen molar-refractivity contribution in [1.82, 2.24) is 4.98 Å². The summed E-state index contributed by atoms with van der Waals surface area (Å²) in [5.74, 6) is -0.457. The number of hydrogen-bond donors (Lipinski definition) is 1. The van der Waals surface area contributed by atoms with Crippen LogP contribution in [0.5, 0.6) is 0 Å². The number of para-hydroxylation sites is 1. The Morgan fingerprint density at radius 2 is 1.73 bits per heavy atom. The number of fused-ring (bicyclic) bond motifs is 2. The molecule has 0 radical (unpaired) electrons. The molecule has 4 aromatic rings. The summed E-state index contributed by atoms with van der Waals surface area (Å²) in [5, 5.41) is 1.21. The largest absolute Gasteiger partial charge is 0.328 e. The zero-order valence-corrected chi connectivity index (χ0v) is 16.2. The number of benzene rings is 3. The average molecular weight is 398 g/mol. The molecule has 4 nitrogen and oxygen atoms in total. The Balaban J connectivity index is 1.45.